The number of aryl methyl sites for hydroxylation is 1. The van der Waals surface area contributed by atoms with E-state index in [0.29, 0.717) is 5.69 Å². The highest BCUT2D eigenvalue weighted by Crippen LogP contribution is 2.19. The molecule has 1 N–H and O–H groups in total. The van der Waals surface area contributed by atoms with E-state index in [-0.39, 0.29) is 18.4 Å². The highest BCUT2D eigenvalue weighted by molar-refractivity contribution is 9.10. The summed E-state index contributed by atoms with van der Waals surface area (Å²) < 4.78 is 0.920. The van der Waals surface area contributed by atoms with Crippen LogP contribution in [-0.2, 0) is 9.59 Å². The SMILES string of the molecule is CC(=O)N(CC(=O)Nc1ccc(C)cc1)c1ccc(Br)cc1. The number of rotatable bonds is 4. The molecule has 0 saturated heterocycles. The Kier molecular flexibility index (Phi) is 5.33. The Morgan fingerprint density at radius 2 is 1.64 bits per heavy atom. The van der Waals surface area contributed by atoms with Gasteiger partial charge in [-0.05, 0) is 43.3 Å². The van der Waals surface area contributed by atoms with Crippen LogP contribution in [0.2, 0.25) is 0 Å². The van der Waals surface area contributed by atoms with Crippen molar-refractivity contribution in [1.82, 2.24) is 0 Å². The van der Waals surface area contributed by atoms with Gasteiger partial charge in [0, 0.05) is 22.8 Å². The van der Waals surface area contributed by atoms with Gasteiger partial charge in [0.05, 0.1) is 0 Å². The molecule has 0 radical (unpaired) electrons. The van der Waals surface area contributed by atoms with Crippen LogP contribution in [-0.4, -0.2) is 18.4 Å². The van der Waals surface area contributed by atoms with Gasteiger partial charge in [-0.25, -0.2) is 0 Å². The fraction of sp³-hybridized carbons (Fsp3) is 0.176. The van der Waals surface area contributed by atoms with E-state index >= 15 is 0 Å². The molecular weight excluding hydrogens is 344 g/mol. The zero-order valence-electron chi connectivity index (χ0n) is 12.5. The third kappa shape index (κ3) is 4.43. The van der Waals surface area contributed by atoms with Gasteiger partial charge >= 0.3 is 0 Å². The zero-order chi connectivity index (χ0) is 16.1. The number of carbonyl (C=O) groups is 2. The van der Waals surface area contributed by atoms with Crippen molar-refractivity contribution >= 4 is 39.1 Å². The molecule has 0 unspecified atom stereocenters. The van der Waals surface area contributed by atoms with Crippen LogP contribution >= 0.6 is 15.9 Å². The number of nitrogens with one attached hydrogen (secondary N) is 1. The second-order valence-corrected chi connectivity index (χ2v) is 5.91. The zero-order valence-corrected chi connectivity index (χ0v) is 14.1. The van der Waals surface area contributed by atoms with Crippen LogP contribution in [0.25, 0.3) is 0 Å². The van der Waals surface area contributed by atoms with Crippen LogP contribution in [0.15, 0.2) is 53.0 Å². The van der Waals surface area contributed by atoms with Crippen LogP contribution in [0, 0.1) is 6.92 Å². The Morgan fingerprint density at radius 3 is 2.18 bits per heavy atom. The molecule has 0 bridgehead atoms. The van der Waals surface area contributed by atoms with E-state index in [4.69, 9.17) is 0 Å². The first kappa shape index (κ1) is 16.2. The van der Waals surface area contributed by atoms with Crippen molar-refractivity contribution in [2.24, 2.45) is 0 Å². The fourth-order valence-electron chi connectivity index (χ4n) is 1.99. The average Bonchev–Trinajstić information content (AvgIpc) is 2.48. The Balaban J connectivity index is 2.07. The number of anilines is 2. The molecule has 0 aliphatic rings. The second-order valence-electron chi connectivity index (χ2n) is 5.00. The molecule has 0 spiro atoms. The summed E-state index contributed by atoms with van der Waals surface area (Å²) in [5.41, 5.74) is 2.53. The first-order valence-corrected chi connectivity index (χ1v) is 7.65. The number of hydrogen-bond donors (Lipinski definition) is 1. The monoisotopic (exact) mass is 360 g/mol. The maximum Gasteiger partial charge on any atom is 0.244 e. The van der Waals surface area contributed by atoms with Gasteiger partial charge < -0.3 is 10.2 Å². The summed E-state index contributed by atoms with van der Waals surface area (Å²) in [7, 11) is 0. The van der Waals surface area contributed by atoms with E-state index in [2.05, 4.69) is 21.2 Å². The molecule has 0 fully saturated rings. The number of nitrogens with zero attached hydrogens (tertiary/aromatic N) is 1. The average molecular weight is 361 g/mol. The molecule has 0 atom stereocenters. The molecule has 2 aromatic rings. The normalized spacial score (nSPS) is 10.1. The van der Waals surface area contributed by atoms with E-state index in [1.54, 1.807) is 12.1 Å². The van der Waals surface area contributed by atoms with Crippen molar-refractivity contribution in [1.29, 1.82) is 0 Å². The highest BCUT2D eigenvalue weighted by Gasteiger charge is 2.15. The molecule has 114 valence electrons. The van der Waals surface area contributed by atoms with Crippen LogP contribution < -0.4 is 10.2 Å². The minimum atomic E-state index is -0.234. The molecule has 0 saturated carbocycles. The molecule has 4 nitrogen and oxygen atoms in total. The lowest BCUT2D eigenvalue weighted by Gasteiger charge is -2.20. The van der Waals surface area contributed by atoms with Crippen molar-refractivity contribution in [3.8, 4) is 0 Å². The second kappa shape index (κ2) is 7.22. The van der Waals surface area contributed by atoms with E-state index in [9.17, 15) is 9.59 Å². The molecule has 5 heteroatoms. The lowest BCUT2D eigenvalue weighted by Crippen LogP contribution is -2.36. The van der Waals surface area contributed by atoms with Crippen LogP contribution in [0.3, 0.4) is 0 Å². The Hall–Kier alpha value is -2.14. The van der Waals surface area contributed by atoms with E-state index in [1.165, 1.54) is 11.8 Å². The molecule has 0 aromatic heterocycles. The summed E-state index contributed by atoms with van der Waals surface area (Å²) in [6.07, 6.45) is 0. The van der Waals surface area contributed by atoms with E-state index in [1.807, 2.05) is 43.3 Å². The summed E-state index contributed by atoms with van der Waals surface area (Å²) in [6.45, 7) is 3.41. The van der Waals surface area contributed by atoms with Gasteiger partial charge in [0.15, 0.2) is 0 Å². The lowest BCUT2D eigenvalue weighted by atomic mass is 10.2. The van der Waals surface area contributed by atoms with Crippen molar-refractivity contribution < 1.29 is 9.59 Å². The molecule has 2 aromatic carbocycles. The van der Waals surface area contributed by atoms with Gasteiger partial charge in [0.1, 0.15) is 6.54 Å². The minimum absolute atomic E-state index is 0.0230. The topological polar surface area (TPSA) is 49.4 Å². The van der Waals surface area contributed by atoms with E-state index < -0.39 is 0 Å². The van der Waals surface area contributed by atoms with Crippen LogP contribution in [0.4, 0.5) is 11.4 Å². The molecular formula is C17H17BrN2O2. The van der Waals surface area contributed by atoms with Crippen LogP contribution in [0.1, 0.15) is 12.5 Å². The quantitative estimate of drug-likeness (QED) is 0.902. The van der Waals surface area contributed by atoms with Crippen molar-refractivity contribution in [3.05, 3.63) is 58.6 Å². The molecule has 0 aliphatic heterocycles. The van der Waals surface area contributed by atoms with Gasteiger partial charge in [-0.1, -0.05) is 33.6 Å². The van der Waals surface area contributed by atoms with Gasteiger partial charge in [-0.3, -0.25) is 9.59 Å². The van der Waals surface area contributed by atoms with Crippen molar-refractivity contribution in [2.45, 2.75) is 13.8 Å². The molecule has 0 aliphatic carbocycles. The van der Waals surface area contributed by atoms with Crippen molar-refractivity contribution in [2.75, 3.05) is 16.8 Å². The predicted octanol–water partition coefficient (Wildman–Crippen LogP) is 3.75. The minimum Gasteiger partial charge on any atom is -0.325 e. The summed E-state index contributed by atoms with van der Waals surface area (Å²) in [4.78, 5) is 25.4. The van der Waals surface area contributed by atoms with Gasteiger partial charge in [0.25, 0.3) is 0 Å². The van der Waals surface area contributed by atoms with E-state index in [0.717, 1.165) is 15.7 Å². The number of carbonyl (C=O) groups excluding carboxylic acids is 2. The van der Waals surface area contributed by atoms with Gasteiger partial charge in [-0.15, -0.1) is 0 Å². The number of hydrogen-bond acceptors (Lipinski definition) is 2. The maximum absolute atomic E-state index is 12.1. The largest absolute Gasteiger partial charge is 0.325 e. The number of halogens is 1. The predicted molar refractivity (Wildman–Crippen MR) is 92.0 cm³/mol. The number of amides is 2. The lowest BCUT2D eigenvalue weighted by molar-refractivity contribution is -0.120. The first-order valence-electron chi connectivity index (χ1n) is 6.86. The van der Waals surface area contributed by atoms with Crippen LogP contribution in [0.5, 0.6) is 0 Å². The molecule has 2 amide bonds. The van der Waals surface area contributed by atoms with Gasteiger partial charge in [-0.2, -0.15) is 0 Å². The summed E-state index contributed by atoms with van der Waals surface area (Å²) in [6, 6.07) is 14.8. The Bertz CT molecular complexity index is 666. The summed E-state index contributed by atoms with van der Waals surface area (Å²) in [5.74, 6) is -0.414. The maximum atomic E-state index is 12.1. The summed E-state index contributed by atoms with van der Waals surface area (Å²) in [5, 5.41) is 2.79. The fourth-order valence-corrected chi connectivity index (χ4v) is 2.25. The third-order valence-electron chi connectivity index (χ3n) is 3.16. The third-order valence-corrected chi connectivity index (χ3v) is 3.68. The molecule has 22 heavy (non-hydrogen) atoms. The highest BCUT2D eigenvalue weighted by atomic mass is 79.9. The number of benzene rings is 2. The first-order chi connectivity index (χ1) is 10.5. The van der Waals surface area contributed by atoms with Gasteiger partial charge in [0.2, 0.25) is 11.8 Å². The smallest absolute Gasteiger partial charge is 0.244 e. The molecule has 2 rings (SSSR count). The Labute approximate surface area is 138 Å². The summed E-state index contributed by atoms with van der Waals surface area (Å²) >= 11 is 3.35. The standard InChI is InChI=1S/C17H17BrN2O2/c1-12-3-7-15(8-4-12)19-17(22)11-20(13(2)21)16-9-5-14(18)6-10-16/h3-10H,11H2,1-2H3,(H,19,22). The van der Waals surface area contributed by atoms with Crippen molar-refractivity contribution in [3.63, 3.8) is 0 Å². The molecule has 0 heterocycles. The Morgan fingerprint density at radius 1 is 1.05 bits per heavy atom.